The number of fused-ring (bicyclic) bond motifs is 2. The van der Waals surface area contributed by atoms with Crippen molar-refractivity contribution in [1.29, 1.82) is 0 Å². The predicted octanol–water partition coefficient (Wildman–Crippen LogP) is 6.89. The summed E-state index contributed by atoms with van der Waals surface area (Å²) in [6, 6.07) is 24.1. The van der Waals surface area contributed by atoms with Crippen LogP contribution in [0.1, 0.15) is 27.1 Å². The van der Waals surface area contributed by atoms with Crippen molar-refractivity contribution in [2.45, 2.75) is 17.7 Å². The Balaban J connectivity index is 1.56. The zero-order chi connectivity index (χ0) is 22.1. The largest absolute Gasteiger partial charge is 0.280 e. The molecule has 4 aromatic rings. The average Bonchev–Trinajstić information content (AvgIpc) is 3.20. The summed E-state index contributed by atoms with van der Waals surface area (Å²) in [7, 11) is -3.65. The van der Waals surface area contributed by atoms with Gasteiger partial charge in [0.2, 0.25) is 0 Å². The van der Waals surface area contributed by atoms with Crippen molar-refractivity contribution in [3.05, 3.63) is 116 Å². The Kier molecular flexibility index (Phi) is 5.64. The first kappa shape index (κ1) is 21.0. The molecule has 0 spiro atoms. The monoisotopic (exact) mass is 477 g/mol. The van der Waals surface area contributed by atoms with Gasteiger partial charge in [0.25, 0.3) is 10.0 Å². The van der Waals surface area contributed by atoms with Crippen molar-refractivity contribution in [1.82, 2.24) is 0 Å². The van der Waals surface area contributed by atoms with Gasteiger partial charge < -0.3 is 0 Å². The molecule has 0 amide bonds. The Labute approximate surface area is 197 Å². The summed E-state index contributed by atoms with van der Waals surface area (Å²) in [5, 5.41) is 2.87. The maximum Gasteiger partial charge on any atom is 0.261 e. The highest BCUT2D eigenvalue weighted by Crippen LogP contribution is 2.38. The lowest BCUT2D eigenvalue weighted by Gasteiger charge is -2.12. The van der Waals surface area contributed by atoms with E-state index in [4.69, 9.17) is 11.6 Å². The zero-order valence-corrected chi connectivity index (χ0v) is 19.5. The van der Waals surface area contributed by atoms with Crippen LogP contribution < -0.4 is 4.72 Å². The van der Waals surface area contributed by atoms with Gasteiger partial charge >= 0.3 is 0 Å². The molecular weight excluding hydrogens is 458 g/mol. The number of hydrogen-bond acceptors (Lipinski definition) is 3. The van der Waals surface area contributed by atoms with Crippen LogP contribution in [0, 0.1) is 0 Å². The summed E-state index contributed by atoms with van der Waals surface area (Å²) < 4.78 is 28.2. The molecule has 6 heteroatoms. The van der Waals surface area contributed by atoms with E-state index < -0.39 is 10.0 Å². The third-order valence-electron chi connectivity index (χ3n) is 5.52. The first-order valence-corrected chi connectivity index (χ1v) is 13.0. The summed E-state index contributed by atoms with van der Waals surface area (Å²) in [6.45, 7) is 0. The van der Waals surface area contributed by atoms with E-state index >= 15 is 0 Å². The predicted molar refractivity (Wildman–Crippen MR) is 134 cm³/mol. The normalized spacial score (nSPS) is 14.5. The van der Waals surface area contributed by atoms with E-state index in [2.05, 4.69) is 28.3 Å². The molecule has 1 aliphatic rings. The molecule has 1 aliphatic carbocycles. The lowest BCUT2D eigenvalue weighted by molar-refractivity contribution is 0.601. The number of aryl methyl sites for hydroxylation is 2. The van der Waals surface area contributed by atoms with E-state index in [0.29, 0.717) is 5.69 Å². The number of anilines is 1. The minimum atomic E-state index is -3.65. The maximum absolute atomic E-state index is 12.7. The number of benzene rings is 3. The number of halogens is 1. The standard InChI is InChI=1S/C26H20ClNO2S2/c27-20-10-11-23-19(17-20)9-12-26-24(13-14-31-26)25(23)16-18-5-4-6-21(15-18)28-32(29,30)22-7-2-1-3-8-22/h1-8,10-11,13-17,28H,9,12H2. The summed E-state index contributed by atoms with van der Waals surface area (Å²) in [5.41, 5.74) is 6.21. The number of hydrogen-bond donors (Lipinski definition) is 1. The van der Waals surface area contributed by atoms with Gasteiger partial charge in [0, 0.05) is 15.6 Å². The van der Waals surface area contributed by atoms with E-state index in [0.717, 1.165) is 29.0 Å². The van der Waals surface area contributed by atoms with Gasteiger partial charge in [-0.05, 0) is 94.6 Å². The molecule has 1 heterocycles. The molecule has 0 bridgehead atoms. The summed E-state index contributed by atoms with van der Waals surface area (Å²) in [6.07, 6.45) is 4.05. The molecule has 0 unspecified atom stereocenters. The Morgan fingerprint density at radius 2 is 1.72 bits per heavy atom. The van der Waals surface area contributed by atoms with Gasteiger partial charge in [0.1, 0.15) is 0 Å². The van der Waals surface area contributed by atoms with Crippen molar-refractivity contribution in [3.63, 3.8) is 0 Å². The second-order valence-electron chi connectivity index (χ2n) is 7.66. The molecule has 1 aromatic heterocycles. The molecule has 0 aliphatic heterocycles. The fraction of sp³-hybridized carbons (Fsp3) is 0.0769. The van der Waals surface area contributed by atoms with Gasteiger partial charge in [-0.15, -0.1) is 11.3 Å². The number of thiophene rings is 1. The second kappa shape index (κ2) is 8.58. The van der Waals surface area contributed by atoms with Crippen LogP contribution in [0.25, 0.3) is 11.6 Å². The van der Waals surface area contributed by atoms with Crippen molar-refractivity contribution >= 4 is 50.3 Å². The zero-order valence-electron chi connectivity index (χ0n) is 17.1. The lowest BCUT2D eigenvalue weighted by atomic mass is 9.94. The van der Waals surface area contributed by atoms with E-state index in [9.17, 15) is 8.42 Å². The molecular formula is C26H20ClNO2S2. The Hall–Kier alpha value is -2.86. The smallest absolute Gasteiger partial charge is 0.261 e. The molecule has 0 atom stereocenters. The van der Waals surface area contributed by atoms with Gasteiger partial charge in [0.05, 0.1) is 4.90 Å². The SMILES string of the molecule is O=S(=O)(Nc1cccc(C=C2c3ccc(Cl)cc3CCc3sccc32)c1)c1ccccc1. The molecule has 32 heavy (non-hydrogen) atoms. The fourth-order valence-corrected chi connectivity index (χ4v) is 6.19. The molecule has 5 rings (SSSR count). The third kappa shape index (κ3) is 4.24. The number of sulfonamides is 1. The molecule has 0 saturated heterocycles. The molecule has 3 nitrogen and oxygen atoms in total. The van der Waals surface area contributed by atoms with Crippen molar-refractivity contribution < 1.29 is 8.42 Å². The van der Waals surface area contributed by atoms with E-state index in [1.807, 2.05) is 30.3 Å². The van der Waals surface area contributed by atoms with Crippen LogP contribution in [0.3, 0.4) is 0 Å². The van der Waals surface area contributed by atoms with E-state index in [1.165, 1.54) is 21.6 Å². The van der Waals surface area contributed by atoms with Gasteiger partial charge in [-0.1, -0.05) is 48.0 Å². The highest BCUT2D eigenvalue weighted by atomic mass is 35.5. The van der Waals surface area contributed by atoms with Gasteiger partial charge in [-0.25, -0.2) is 8.42 Å². The van der Waals surface area contributed by atoms with E-state index in [1.54, 1.807) is 47.7 Å². The highest BCUT2D eigenvalue weighted by molar-refractivity contribution is 7.92. The van der Waals surface area contributed by atoms with Crippen molar-refractivity contribution in [3.8, 4) is 0 Å². The lowest BCUT2D eigenvalue weighted by Crippen LogP contribution is -2.12. The number of rotatable bonds is 4. The first-order chi connectivity index (χ1) is 15.5. The summed E-state index contributed by atoms with van der Waals surface area (Å²) >= 11 is 8.04. The second-order valence-corrected chi connectivity index (χ2v) is 10.8. The quantitative estimate of drug-likeness (QED) is 0.348. The van der Waals surface area contributed by atoms with Crippen molar-refractivity contribution in [2.75, 3.05) is 4.72 Å². The van der Waals surface area contributed by atoms with Gasteiger partial charge in [-0.3, -0.25) is 4.72 Å². The average molecular weight is 478 g/mol. The minimum Gasteiger partial charge on any atom is -0.280 e. The maximum atomic E-state index is 12.7. The molecule has 3 aromatic carbocycles. The van der Waals surface area contributed by atoms with Gasteiger partial charge in [0.15, 0.2) is 0 Å². The molecule has 0 radical (unpaired) electrons. The van der Waals surface area contributed by atoms with Crippen LogP contribution in [-0.4, -0.2) is 8.42 Å². The molecule has 1 N–H and O–H groups in total. The first-order valence-electron chi connectivity index (χ1n) is 10.2. The molecule has 0 fully saturated rings. The van der Waals surface area contributed by atoms with Crippen LogP contribution in [0.4, 0.5) is 5.69 Å². The van der Waals surface area contributed by atoms with Crippen molar-refractivity contribution in [2.24, 2.45) is 0 Å². The number of nitrogens with one attached hydrogen (secondary N) is 1. The Morgan fingerprint density at radius 1 is 0.875 bits per heavy atom. The van der Waals surface area contributed by atoms with Crippen LogP contribution in [0.2, 0.25) is 5.02 Å². The Morgan fingerprint density at radius 3 is 2.56 bits per heavy atom. The summed E-state index contributed by atoms with van der Waals surface area (Å²) in [5.74, 6) is 0. The van der Waals surface area contributed by atoms with Crippen LogP contribution >= 0.6 is 22.9 Å². The van der Waals surface area contributed by atoms with Crippen LogP contribution in [-0.2, 0) is 22.9 Å². The topological polar surface area (TPSA) is 46.2 Å². The molecule has 160 valence electrons. The Bertz CT molecular complexity index is 1420. The summed E-state index contributed by atoms with van der Waals surface area (Å²) in [4.78, 5) is 1.59. The molecule has 0 saturated carbocycles. The fourth-order valence-electron chi connectivity index (χ4n) is 4.03. The van der Waals surface area contributed by atoms with E-state index in [-0.39, 0.29) is 4.90 Å². The minimum absolute atomic E-state index is 0.237. The third-order valence-corrected chi connectivity index (χ3v) is 8.13. The van der Waals surface area contributed by atoms with Crippen LogP contribution in [0.15, 0.2) is 89.1 Å². The highest BCUT2D eigenvalue weighted by Gasteiger charge is 2.20. The van der Waals surface area contributed by atoms with Crippen LogP contribution in [0.5, 0.6) is 0 Å². The van der Waals surface area contributed by atoms with Gasteiger partial charge in [-0.2, -0.15) is 0 Å².